The van der Waals surface area contributed by atoms with Gasteiger partial charge in [0.15, 0.2) is 0 Å². The number of anilines is 1. The summed E-state index contributed by atoms with van der Waals surface area (Å²) >= 11 is 0. The van der Waals surface area contributed by atoms with E-state index >= 15 is 0 Å². The number of rotatable bonds is 4. The molecule has 0 saturated carbocycles. The fourth-order valence-corrected chi connectivity index (χ4v) is 2.25. The highest BCUT2D eigenvalue weighted by Crippen LogP contribution is 2.20. The lowest BCUT2D eigenvalue weighted by Crippen LogP contribution is -2.31. The van der Waals surface area contributed by atoms with Gasteiger partial charge in [-0.05, 0) is 37.1 Å². The van der Waals surface area contributed by atoms with Gasteiger partial charge in [0.25, 0.3) is 0 Å². The second-order valence-corrected chi connectivity index (χ2v) is 4.25. The number of nitrogens with one attached hydrogen (secondary N) is 1. The summed E-state index contributed by atoms with van der Waals surface area (Å²) in [4.78, 5) is 6.53. The Bertz CT molecular complexity index is 343. The lowest BCUT2D eigenvalue weighted by Gasteiger charge is -2.22. The first-order valence-electron chi connectivity index (χ1n) is 5.81. The Morgan fingerprint density at radius 3 is 3.25 bits per heavy atom. The van der Waals surface area contributed by atoms with Crippen LogP contribution in [0.1, 0.15) is 18.4 Å². The molecule has 1 aliphatic rings. The highest BCUT2D eigenvalue weighted by atomic mass is 16.3. The SMILES string of the molecule is CNc1cc(CN2CCCC2CO)ccn1. The van der Waals surface area contributed by atoms with E-state index in [1.165, 1.54) is 12.0 Å². The van der Waals surface area contributed by atoms with Crippen molar-refractivity contribution in [1.29, 1.82) is 0 Å². The number of aliphatic hydroxyl groups is 1. The zero-order valence-corrected chi connectivity index (χ0v) is 9.69. The van der Waals surface area contributed by atoms with Gasteiger partial charge >= 0.3 is 0 Å². The molecule has 0 bridgehead atoms. The number of aliphatic hydroxyl groups excluding tert-OH is 1. The maximum atomic E-state index is 9.25. The molecule has 1 atom stereocenters. The lowest BCUT2D eigenvalue weighted by atomic mass is 10.2. The maximum absolute atomic E-state index is 9.25. The van der Waals surface area contributed by atoms with Crippen molar-refractivity contribution in [1.82, 2.24) is 9.88 Å². The van der Waals surface area contributed by atoms with Crippen molar-refractivity contribution < 1.29 is 5.11 Å². The van der Waals surface area contributed by atoms with Crippen LogP contribution in [0, 0.1) is 0 Å². The fourth-order valence-electron chi connectivity index (χ4n) is 2.25. The molecule has 2 N–H and O–H groups in total. The van der Waals surface area contributed by atoms with E-state index in [0.29, 0.717) is 6.04 Å². The summed E-state index contributed by atoms with van der Waals surface area (Å²) in [5, 5.41) is 12.3. The standard InChI is InChI=1S/C12H19N3O/c1-13-12-7-10(4-5-14-12)8-15-6-2-3-11(15)9-16/h4-5,7,11,16H,2-3,6,8-9H2,1H3,(H,13,14). The summed E-state index contributed by atoms with van der Waals surface area (Å²) in [7, 11) is 1.87. The van der Waals surface area contributed by atoms with Crippen LogP contribution in [0.5, 0.6) is 0 Å². The van der Waals surface area contributed by atoms with Crippen molar-refractivity contribution in [3.05, 3.63) is 23.9 Å². The Balaban J connectivity index is 2.02. The van der Waals surface area contributed by atoms with Crippen molar-refractivity contribution in [3.8, 4) is 0 Å². The zero-order chi connectivity index (χ0) is 11.4. The number of hydrogen-bond acceptors (Lipinski definition) is 4. The van der Waals surface area contributed by atoms with Gasteiger partial charge < -0.3 is 10.4 Å². The molecule has 0 aliphatic carbocycles. The first kappa shape index (κ1) is 11.4. The summed E-state index contributed by atoms with van der Waals surface area (Å²) in [5.41, 5.74) is 1.25. The molecule has 1 aromatic heterocycles. The summed E-state index contributed by atoms with van der Waals surface area (Å²) < 4.78 is 0. The van der Waals surface area contributed by atoms with Gasteiger partial charge in [-0.2, -0.15) is 0 Å². The van der Waals surface area contributed by atoms with Crippen LogP contribution in [-0.2, 0) is 6.54 Å². The van der Waals surface area contributed by atoms with Gasteiger partial charge in [0.1, 0.15) is 5.82 Å². The molecule has 1 fully saturated rings. The zero-order valence-electron chi connectivity index (χ0n) is 9.69. The molecule has 4 nitrogen and oxygen atoms in total. The lowest BCUT2D eigenvalue weighted by molar-refractivity contribution is 0.153. The van der Waals surface area contributed by atoms with Crippen LogP contribution in [-0.4, -0.2) is 41.2 Å². The summed E-state index contributed by atoms with van der Waals surface area (Å²) in [6.07, 6.45) is 4.13. The highest BCUT2D eigenvalue weighted by Gasteiger charge is 2.23. The molecule has 1 aliphatic heterocycles. The van der Waals surface area contributed by atoms with Gasteiger partial charge in [-0.15, -0.1) is 0 Å². The fraction of sp³-hybridized carbons (Fsp3) is 0.583. The molecule has 0 amide bonds. The molecule has 1 unspecified atom stereocenters. The van der Waals surface area contributed by atoms with E-state index in [-0.39, 0.29) is 6.61 Å². The first-order valence-corrected chi connectivity index (χ1v) is 5.81. The first-order chi connectivity index (χ1) is 7.83. The van der Waals surface area contributed by atoms with Crippen LogP contribution >= 0.6 is 0 Å². The number of likely N-dealkylation sites (tertiary alicyclic amines) is 1. The van der Waals surface area contributed by atoms with E-state index in [1.54, 1.807) is 0 Å². The Morgan fingerprint density at radius 1 is 1.62 bits per heavy atom. The molecule has 2 rings (SSSR count). The molecule has 1 saturated heterocycles. The van der Waals surface area contributed by atoms with Gasteiger partial charge in [-0.25, -0.2) is 4.98 Å². The predicted octanol–water partition coefficient (Wildman–Crippen LogP) is 1.08. The Labute approximate surface area is 96.3 Å². The van der Waals surface area contributed by atoms with Crippen molar-refractivity contribution in [2.75, 3.05) is 25.5 Å². The Hall–Kier alpha value is -1.13. The van der Waals surface area contributed by atoms with E-state index < -0.39 is 0 Å². The minimum atomic E-state index is 0.268. The van der Waals surface area contributed by atoms with Gasteiger partial charge in [0, 0.05) is 25.8 Å². The van der Waals surface area contributed by atoms with Crippen LogP contribution in [0.4, 0.5) is 5.82 Å². The van der Waals surface area contributed by atoms with E-state index in [2.05, 4.69) is 21.3 Å². The third-order valence-electron chi connectivity index (χ3n) is 3.18. The summed E-state index contributed by atoms with van der Waals surface area (Å²) in [6.45, 7) is 2.26. The molecule has 2 heterocycles. The van der Waals surface area contributed by atoms with E-state index in [0.717, 1.165) is 25.3 Å². The van der Waals surface area contributed by atoms with Crippen LogP contribution in [0.15, 0.2) is 18.3 Å². The van der Waals surface area contributed by atoms with E-state index in [4.69, 9.17) is 0 Å². The highest BCUT2D eigenvalue weighted by molar-refractivity contribution is 5.36. The Kier molecular flexibility index (Phi) is 3.74. The van der Waals surface area contributed by atoms with Gasteiger partial charge in [0.05, 0.1) is 6.61 Å². The van der Waals surface area contributed by atoms with Crippen LogP contribution in [0.3, 0.4) is 0 Å². The van der Waals surface area contributed by atoms with Crippen molar-refractivity contribution >= 4 is 5.82 Å². The predicted molar refractivity (Wildman–Crippen MR) is 64.3 cm³/mol. The number of hydrogen-bond donors (Lipinski definition) is 2. The molecular weight excluding hydrogens is 202 g/mol. The average Bonchev–Trinajstić information content (AvgIpc) is 2.76. The number of pyridine rings is 1. The van der Waals surface area contributed by atoms with Crippen LogP contribution in [0.25, 0.3) is 0 Å². The largest absolute Gasteiger partial charge is 0.395 e. The summed E-state index contributed by atoms with van der Waals surface area (Å²) in [6, 6.07) is 4.44. The van der Waals surface area contributed by atoms with Crippen molar-refractivity contribution in [2.24, 2.45) is 0 Å². The molecule has 4 heteroatoms. The molecular formula is C12H19N3O. The monoisotopic (exact) mass is 221 g/mol. The number of aromatic nitrogens is 1. The maximum Gasteiger partial charge on any atom is 0.125 e. The molecule has 1 aromatic rings. The molecule has 0 radical (unpaired) electrons. The van der Waals surface area contributed by atoms with Gasteiger partial charge in [-0.1, -0.05) is 0 Å². The van der Waals surface area contributed by atoms with Crippen molar-refractivity contribution in [3.63, 3.8) is 0 Å². The molecule has 0 aromatic carbocycles. The van der Waals surface area contributed by atoms with E-state index in [9.17, 15) is 5.11 Å². The van der Waals surface area contributed by atoms with Gasteiger partial charge in [-0.3, -0.25) is 4.90 Å². The second kappa shape index (κ2) is 5.27. The Morgan fingerprint density at radius 2 is 2.50 bits per heavy atom. The molecule has 16 heavy (non-hydrogen) atoms. The summed E-state index contributed by atoms with van der Waals surface area (Å²) in [5.74, 6) is 0.900. The quantitative estimate of drug-likeness (QED) is 0.799. The van der Waals surface area contributed by atoms with Crippen LogP contribution in [0.2, 0.25) is 0 Å². The van der Waals surface area contributed by atoms with Crippen LogP contribution < -0.4 is 5.32 Å². The minimum absolute atomic E-state index is 0.268. The minimum Gasteiger partial charge on any atom is -0.395 e. The van der Waals surface area contributed by atoms with Crippen molar-refractivity contribution in [2.45, 2.75) is 25.4 Å². The smallest absolute Gasteiger partial charge is 0.125 e. The van der Waals surface area contributed by atoms with Gasteiger partial charge in [0.2, 0.25) is 0 Å². The second-order valence-electron chi connectivity index (χ2n) is 4.25. The average molecular weight is 221 g/mol. The third-order valence-corrected chi connectivity index (χ3v) is 3.18. The molecule has 88 valence electrons. The molecule has 0 spiro atoms. The third kappa shape index (κ3) is 2.51. The number of nitrogens with zero attached hydrogens (tertiary/aromatic N) is 2. The van der Waals surface area contributed by atoms with E-state index in [1.807, 2.05) is 19.3 Å². The topological polar surface area (TPSA) is 48.4 Å². The normalized spacial score (nSPS) is 21.2.